The topological polar surface area (TPSA) is 42.0 Å². The molecule has 1 N–H and O–H groups in total. The summed E-state index contributed by atoms with van der Waals surface area (Å²) < 4.78 is 1.15. The molecule has 3 nitrogen and oxygen atoms in total. The van der Waals surface area contributed by atoms with Crippen LogP contribution in [0.4, 0.5) is 5.00 Å². The van der Waals surface area contributed by atoms with E-state index in [2.05, 4.69) is 44.3 Å². The highest BCUT2D eigenvalue weighted by molar-refractivity contribution is 7.22. The van der Waals surface area contributed by atoms with Crippen molar-refractivity contribution in [3.8, 4) is 10.6 Å². The number of aryl methyl sites for hydroxylation is 3. The molecule has 5 heteroatoms. The minimum atomic E-state index is 0.00913. The zero-order valence-corrected chi connectivity index (χ0v) is 17.1. The summed E-state index contributed by atoms with van der Waals surface area (Å²) in [6.07, 6.45) is 0.384. The number of hydrogen-bond donors (Lipinski definition) is 1. The van der Waals surface area contributed by atoms with Crippen LogP contribution < -0.4 is 5.32 Å². The zero-order valence-electron chi connectivity index (χ0n) is 15.5. The van der Waals surface area contributed by atoms with Crippen molar-refractivity contribution in [2.24, 2.45) is 0 Å². The Kier molecular flexibility index (Phi) is 4.81. The van der Waals surface area contributed by atoms with Gasteiger partial charge in [-0.3, -0.25) is 4.79 Å². The van der Waals surface area contributed by atoms with Gasteiger partial charge in [0, 0.05) is 5.56 Å². The zero-order chi connectivity index (χ0) is 19.0. The lowest BCUT2D eigenvalue weighted by Gasteiger charge is -2.11. The summed E-state index contributed by atoms with van der Waals surface area (Å²) in [7, 11) is 0. The lowest BCUT2D eigenvalue weighted by atomic mass is 9.97. The molecule has 2 heterocycles. The van der Waals surface area contributed by atoms with Gasteiger partial charge in [-0.1, -0.05) is 29.8 Å². The van der Waals surface area contributed by atoms with Crippen molar-refractivity contribution >= 4 is 43.8 Å². The third kappa shape index (κ3) is 3.66. The molecule has 27 heavy (non-hydrogen) atoms. The second-order valence-corrected chi connectivity index (χ2v) is 8.70. The lowest BCUT2D eigenvalue weighted by molar-refractivity contribution is -0.115. The van der Waals surface area contributed by atoms with Gasteiger partial charge in [0.1, 0.15) is 10.0 Å². The molecule has 4 rings (SSSR count). The number of thiazole rings is 1. The number of anilines is 1. The van der Waals surface area contributed by atoms with E-state index in [1.165, 1.54) is 28.0 Å². The van der Waals surface area contributed by atoms with Gasteiger partial charge in [0.2, 0.25) is 5.91 Å². The summed E-state index contributed by atoms with van der Waals surface area (Å²) >= 11 is 3.19. The highest BCUT2D eigenvalue weighted by Gasteiger charge is 2.15. The highest BCUT2D eigenvalue weighted by atomic mass is 32.1. The normalized spacial score (nSPS) is 11.1. The molecule has 0 fully saturated rings. The Labute approximate surface area is 166 Å². The number of para-hydroxylation sites is 1. The van der Waals surface area contributed by atoms with Crippen molar-refractivity contribution in [1.82, 2.24) is 4.98 Å². The largest absolute Gasteiger partial charge is 0.317 e. The monoisotopic (exact) mass is 392 g/mol. The molecule has 0 spiro atoms. The molecule has 0 aliphatic rings. The van der Waals surface area contributed by atoms with E-state index in [0.29, 0.717) is 6.42 Å². The summed E-state index contributed by atoms with van der Waals surface area (Å²) in [6.45, 7) is 6.22. The van der Waals surface area contributed by atoms with Gasteiger partial charge in [0.15, 0.2) is 0 Å². The van der Waals surface area contributed by atoms with Crippen LogP contribution in [0.5, 0.6) is 0 Å². The van der Waals surface area contributed by atoms with Crippen molar-refractivity contribution < 1.29 is 4.79 Å². The molecular weight excluding hydrogens is 372 g/mol. The number of nitrogens with one attached hydrogen (secondary N) is 1. The fourth-order valence-electron chi connectivity index (χ4n) is 3.38. The Morgan fingerprint density at radius 1 is 1.07 bits per heavy atom. The van der Waals surface area contributed by atoms with Crippen LogP contribution in [0.25, 0.3) is 20.8 Å². The Balaban J connectivity index is 1.57. The maximum atomic E-state index is 12.7. The third-order valence-electron chi connectivity index (χ3n) is 4.62. The second kappa shape index (κ2) is 7.25. The van der Waals surface area contributed by atoms with Crippen LogP contribution in [-0.4, -0.2) is 10.9 Å². The minimum Gasteiger partial charge on any atom is -0.317 e. The van der Waals surface area contributed by atoms with E-state index in [-0.39, 0.29) is 5.91 Å². The van der Waals surface area contributed by atoms with Gasteiger partial charge in [-0.15, -0.1) is 22.7 Å². The van der Waals surface area contributed by atoms with Crippen molar-refractivity contribution in [3.05, 3.63) is 70.1 Å². The number of carbonyl (C=O) groups is 1. The molecule has 0 aliphatic carbocycles. The molecule has 136 valence electrons. The first-order valence-corrected chi connectivity index (χ1v) is 10.5. The van der Waals surface area contributed by atoms with Crippen LogP contribution in [0.3, 0.4) is 0 Å². The summed E-state index contributed by atoms with van der Waals surface area (Å²) in [5.74, 6) is 0.00913. The molecule has 0 bridgehead atoms. The Hall–Kier alpha value is -2.50. The summed E-state index contributed by atoms with van der Waals surface area (Å²) in [4.78, 5) is 17.4. The molecular formula is C22H20N2OS2. The second-order valence-electron chi connectivity index (χ2n) is 6.75. The Morgan fingerprint density at radius 3 is 2.56 bits per heavy atom. The van der Waals surface area contributed by atoms with Crippen LogP contribution in [0.1, 0.15) is 22.3 Å². The predicted molar refractivity (Wildman–Crippen MR) is 116 cm³/mol. The highest BCUT2D eigenvalue weighted by Crippen LogP contribution is 2.37. The van der Waals surface area contributed by atoms with Gasteiger partial charge < -0.3 is 5.32 Å². The number of aromatic nitrogens is 1. The maximum Gasteiger partial charge on any atom is 0.229 e. The first-order chi connectivity index (χ1) is 13.0. The van der Waals surface area contributed by atoms with E-state index >= 15 is 0 Å². The Bertz CT molecular complexity index is 1080. The van der Waals surface area contributed by atoms with E-state index < -0.39 is 0 Å². The number of amides is 1. The lowest BCUT2D eigenvalue weighted by Crippen LogP contribution is -2.15. The third-order valence-corrected chi connectivity index (χ3v) is 6.52. The first kappa shape index (κ1) is 17.9. The summed E-state index contributed by atoms with van der Waals surface area (Å²) in [5, 5.41) is 6.90. The van der Waals surface area contributed by atoms with E-state index in [1.807, 2.05) is 29.6 Å². The van der Waals surface area contributed by atoms with Gasteiger partial charge in [-0.25, -0.2) is 4.98 Å². The Morgan fingerprint density at radius 2 is 1.81 bits per heavy atom. The number of rotatable bonds is 4. The first-order valence-electron chi connectivity index (χ1n) is 8.81. The van der Waals surface area contributed by atoms with Crippen LogP contribution in [0.2, 0.25) is 0 Å². The standard InChI is InChI=1S/C22H20N2OS2/c1-13-10-14(2)17(15(3)11-13)12-20(25)24-21-16(8-9-26-21)22-23-18-6-4-5-7-19(18)27-22/h4-11H,12H2,1-3H3,(H,24,25). The van der Waals surface area contributed by atoms with E-state index in [9.17, 15) is 4.79 Å². The smallest absolute Gasteiger partial charge is 0.229 e. The molecule has 0 atom stereocenters. The quantitative estimate of drug-likeness (QED) is 0.454. The molecule has 1 amide bonds. The summed E-state index contributed by atoms with van der Waals surface area (Å²) in [5.41, 5.74) is 6.65. The number of nitrogens with zero attached hydrogens (tertiary/aromatic N) is 1. The van der Waals surface area contributed by atoms with Crippen LogP contribution in [-0.2, 0) is 11.2 Å². The predicted octanol–water partition coefficient (Wildman–Crippen LogP) is 6.13. The molecule has 0 saturated carbocycles. The van der Waals surface area contributed by atoms with E-state index in [0.717, 1.165) is 31.4 Å². The maximum absolute atomic E-state index is 12.7. The van der Waals surface area contributed by atoms with E-state index in [1.54, 1.807) is 11.3 Å². The SMILES string of the molecule is Cc1cc(C)c(CC(=O)Nc2sccc2-c2nc3ccccc3s2)c(C)c1. The van der Waals surface area contributed by atoms with Gasteiger partial charge in [-0.05, 0) is 61.0 Å². The van der Waals surface area contributed by atoms with Crippen LogP contribution in [0.15, 0.2) is 47.8 Å². The molecule has 4 aromatic rings. The molecule has 0 unspecified atom stereocenters. The van der Waals surface area contributed by atoms with Gasteiger partial charge in [0.05, 0.1) is 16.6 Å². The molecule has 2 aromatic carbocycles. The average Bonchev–Trinajstić information content (AvgIpc) is 3.24. The van der Waals surface area contributed by atoms with Gasteiger partial charge in [-0.2, -0.15) is 0 Å². The number of thiophene rings is 1. The minimum absolute atomic E-state index is 0.00913. The average molecular weight is 393 g/mol. The molecule has 0 aliphatic heterocycles. The van der Waals surface area contributed by atoms with Crippen molar-refractivity contribution in [3.63, 3.8) is 0 Å². The molecule has 0 radical (unpaired) electrons. The van der Waals surface area contributed by atoms with Gasteiger partial charge >= 0.3 is 0 Å². The molecule has 0 saturated heterocycles. The van der Waals surface area contributed by atoms with E-state index in [4.69, 9.17) is 4.98 Å². The summed E-state index contributed by atoms with van der Waals surface area (Å²) in [6, 6.07) is 14.4. The fourth-order valence-corrected chi connectivity index (χ4v) is 5.25. The van der Waals surface area contributed by atoms with Crippen molar-refractivity contribution in [2.45, 2.75) is 27.2 Å². The van der Waals surface area contributed by atoms with Gasteiger partial charge in [0.25, 0.3) is 0 Å². The number of hydrogen-bond acceptors (Lipinski definition) is 4. The van der Waals surface area contributed by atoms with Crippen molar-refractivity contribution in [2.75, 3.05) is 5.32 Å². The van der Waals surface area contributed by atoms with Crippen LogP contribution >= 0.6 is 22.7 Å². The number of carbonyl (C=O) groups excluding carboxylic acids is 1. The number of benzene rings is 2. The van der Waals surface area contributed by atoms with Crippen LogP contribution in [0, 0.1) is 20.8 Å². The molecule has 2 aromatic heterocycles. The number of fused-ring (bicyclic) bond motifs is 1. The van der Waals surface area contributed by atoms with Crippen molar-refractivity contribution in [1.29, 1.82) is 0 Å². The fraction of sp³-hybridized carbons (Fsp3) is 0.182.